The summed E-state index contributed by atoms with van der Waals surface area (Å²) < 4.78 is 7.30. The Hall–Kier alpha value is -3.01. The molecule has 3 aromatic rings. The Morgan fingerprint density at radius 1 is 1.00 bits per heavy atom. The van der Waals surface area contributed by atoms with Gasteiger partial charge in [-0.3, -0.25) is 4.79 Å². The number of ether oxygens (including phenoxy) is 1. The lowest BCUT2D eigenvalue weighted by molar-refractivity contribution is -0.121. The molecule has 26 heavy (non-hydrogen) atoms. The van der Waals surface area contributed by atoms with Crippen LogP contribution in [0.4, 0.5) is 0 Å². The van der Waals surface area contributed by atoms with E-state index in [9.17, 15) is 4.79 Å². The third kappa shape index (κ3) is 4.76. The van der Waals surface area contributed by atoms with Crippen LogP contribution in [0.15, 0.2) is 79.1 Å². The van der Waals surface area contributed by atoms with E-state index >= 15 is 0 Å². The SMILES string of the molecule is COc1ccc([C@H](CC(=O)NCCc2ccccc2)n2cccc2)cc1. The largest absolute Gasteiger partial charge is 0.497 e. The first-order valence-electron chi connectivity index (χ1n) is 8.83. The quantitative estimate of drug-likeness (QED) is 0.672. The van der Waals surface area contributed by atoms with E-state index in [2.05, 4.69) is 22.0 Å². The van der Waals surface area contributed by atoms with Gasteiger partial charge in [-0.15, -0.1) is 0 Å². The molecule has 0 saturated heterocycles. The number of aromatic nitrogens is 1. The van der Waals surface area contributed by atoms with Gasteiger partial charge in [0.15, 0.2) is 0 Å². The molecule has 0 aliphatic heterocycles. The summed E-state index contributed by atoms with van der Waals surface area (Å²) >= 11 is 0. The van der Waals surface area contributed by atoms with Gasteiger partial charge in [0.1, 0.15) is 5.75 Å². The number of carbonyl (C=O) groups excluding carboxylic acids is 1. The molecule has 1 N–H and O–H groups in total. The molecule has 0 unspecified atom stereocenters. The van der Waals surface area contributed by atoms with Crippen molar-refractivity contribution in [3.63, 3.8) is 0 Å². The second-order valence-electron chi connectivity index (χ2n) is 6.21. The van der Waals surface area contributed by atoms with Crippen molar-refractivity contribution in [3.05, 3.63) is 90.3 Å². The van der Waals surface area contributed by atoms with Gasteiger partial charge in [0.05, 0.1) is 19.6 Å². The van der Waals surface area contributed by atoms with Crippen molar-refractivity contribution in [2.24, 2.45) is 0 Å². The fourth-order valence-corrected chi connectivity index (χ4v) is 3.02. The Balaban J connectivity index is 1.62. The van der Waals surface area contributed by atoms with Crippen LogP contribution >= 0.6 is 0 Å². The predicted molar refractivity (Wildman–Crippen MR) is 103 cm³/mol. The van der Waals surface area contributed by atoms with Gasteiger partial charge >= 0.3 is 0 Å². The Kier molecular flexibility index (Phi) is 6.09. The van der Waals surface area contributed by atoms with Crippen LogP contribution in [0, 0.1) is 0 Å². The van der Waals surface area contributed by atoms with Gasteiger partial charge in [-0.2, -0.15) is 0 Å². The van der Waals surface area contributed by atoms with E-state index in [4.69, 9.17) is 4.74 Å². The van der Waals surface area contributed by atoms with Gasteiger partial charge < -0.3 is 14.6 Å². The number of methoxy groups -OCH3 is 1. The number of hydrogen-bond donors (Lipinski definition) is 1. The first-order chi connectivity index (χ1) is 12.8. The minimum absolute atomic E-state index is 0.0346. The molecule has 3 rings (SSSR count). The number of rotatable bonds is 8. The highest BCUT2D eigenvalue weighted by atomic mass is 16.5. The van der Waals surface area contributed by atoms with E-state index in [-0.39, 0.29) is 11.9 Å². The minimum Gasteiger partial charge on any atom is -0.497 e. The van der Waals surface area contributed by atoms with Crippen LogP contribution in [0.1, 0.15) is 23.6 Å². The van der Waals surface area contributed by atoms with Crippen molar-refractivity contribution < 1.29 is 9.53 Å². The zero-order valence-electron chi connectivity index (χ0n) is 15.0. The summed E-state index contributed by atoms with van der Waals surface area (Å²) in [6, 6.07) is 22.0. The molecule has 0 bridgehead atoms. The van der Waals surface area contributed by atoms with Crippen molar-refractivity contribution in [1.82, 2.24) is 9.88 Å². The second-order valence-corrected chi connectivity index (χ2v) is 6.21. The first-order valence-corrected chi connectivity index (χ1v) is 8.83. The number of hydrogen-bond acceptors (Lipinski definition) is 2. The molecule has 1 heterocycles. The van der Waals surface area contributed by atoms with Crippen LogP contribution in [0.5, 0.6) is 5.75 Å². The lowest BCUT2D eigenvalue weighted by Crippen LogP contribution is -2.28. The van der Waals surface area contributed by atoms with Gasteiger partial charge in [0, 0.05) is 18.9 Å². The molecule has 1 amide bonds. The highest BCUT2D eigenvalue weighted by Crippen LogP contribution is 2.24. The van der Waals surface area contributed by atoms with Gasteiger partial charge in [-0.1, -0.05) is 42.5 Å². The van der Waals surface area contributed by atoms with Gasteiger partial charge in [0.2, 0.25) is 5.91 Å². The highest BCUT2D eigenvalue weighted by Gasteiger charge is 2.17. The summed E-state index contributed by atoms with van der Waals surface area (Å²) in [6.45, 7) is 0.643. The van der Waals surface area contributed by atoms with E-state index in [1.165, 1.54) is 5.56 Å². The number of nitrogens with zero attached hydrogens (tertiary/aromatic N) is 1. The molecule has 0 aliphatic rings. The summed E-state index contributed by atoms with van der Waals surface area (Å²) in [4.78, 5) is 12.5. The summed E-state index contributed by atoms with van der Waals surface area (Å²) in [5, 5.41) is 3.04. The smallest absolute Gasteiger partial charge is 0.222 e. The summed E-state index contributed by atoms with van der Waals surface area (Å²) in [5.74, 6) is 0.864. The fraction of sp³-hybridized carbons (Fsp3) is 0.227. The van der Waals surface area contributed by atoms with Gasteiger partial charge in [-0.05, 0) is 41.8 Å². The summed E-state index contributed by atoms with van der Waals surface area (Å²) in [7, 11) is 1.65. The van der Waals surface area contributed by atoms with E-state index in [0.29, 0.717) is 13.0 Å². The Labute approximate surface area is 154 Å². The van der Waals surface area contributed by atoms with Crippen LogP contribution in [0.3, 0.4) is 0 Å². The van der Waals surface area contributed by atoms with Crippen molar-refractivity contribution in [1.29, 1.82) is 0 Å². The van der Waals surface area contributed by atoms with Crippen LogP contribution in [0.2, 0.25) is 0 Å². The van der Waals surface area contributed by atoms with E-state index < -0.39 is 0 Å². The maximum absolute atomic E-state index is 12.5. The molecular weight excluding hydrogens is 324 g/mol. The topological polar surface area (TPSA) is 43.3 Å². The van der Waals surface area contributed by atoms with Crippen LogP contribution in [-0.2, 0) is 11.2 Å². The van der Waals surface area contributed by atoms with E-state index in [0.717, 1.165) is 17.7 Å². The Morgan fingerprint density at radius 3 is 2.35 bits per heavy atom. The Bertz CT molecular complexity index is 796. The fourth-order valence-electron chi connectivity index (χ4n) is 3.02. The molecule has 1 atom stereocenters. The molecule has 1 aromatic heterocycles. The molecular formula is C22H24N2O2. The molecule has 4 heteroatoms. The number of benzene rings is 2. The molecule has 4 nitrogen and oxygen atoms in total. The summed E-state index contributed by atoms with van der Waals surface area (Å²) in [5.41, 5.74) is 2.31. The number of carbonyl (C=O) groups is 1. The maximum Gasteiger partial charge on any atom is 0.222 e. The zero-order chi connectivity index (χ0) is 18.2. The van der Waals surface area contributed by atoms with Crippen LogP contribution < -0.4 is 10.1 Å². The van der Waals surface area contributed by atoms with Crippen molar-refractivity contribution in [2.75, 3.05) is 13.7 Å². The lowest BCUT2D eigenvalue weighted by Gasteiger charge is -2.19. The molecule has 0 fully saturated rings. The number of amides is 1. The van der Waals surface area contributed by atoms with E-state index in [1.54, 1.807) is 7.11 Å². The van der Waals surface area contributed by atoms with Crippen molar-refractivity contribution >= 4 is 5.91 Å². The van der Waals surface area contributed by atoms with Gasteiger partial charge in [-0.25, -0.2) is 0 Å². The predicted octanol–water partition coefficient (Wildman–Crippen LogP) is 3.84. The molecule has 0 aliphatic carbocycles. The van der Waals surface area contributed by atoms with E-state index in [1.807, 2.05) is 67.0 Å². The molecule has 0 spiro atoms. The second kappa shape index (κ2) is 8.90. The third-order valence-electron chi connectivity index (χ3n) is 4.45. The molecule has 0 radical (unpaired) electrons. The molecule has 134 valence electrons. The monoisotopic (exact) mass is 348 g/mol. The highest BCUT2D eigenvalue weighted by molar-refractivity contribution is 5.76. The van der Waals surface area contributed by atoms with Crippen molar-refractivity contribution in [2.45, 2.75) is 18.9 Å². The zero-order valence-corrected chi connectivity index (χ0v) is 15.0. The molecule has 0 saturated carbocycles. The maximum atomic E-state index is 12.5. The molecule has 2 aromatic carbocycles. The Morgan fingerprint density at radius 2 is 1.69 bits per heavy atom. The average molecular weight is 348 g/mol. The van der Waals surface area contributed by atoms with Crippen LogP contribution in [-0.4, -0.2) is 24.1 Å². The minimum atomic E-state index is -0.0346. The lowest BCUT2D eigenvalue weighted by atomic mass is 10.0. The average Bonchev–Trinajstić information content (AvgIpc) is 3.22. The normalized spacial score (nSPS) is 11.7. The first kappa shape index (κ1) is 17.8. The standard InChI is InChI=1S/C22H24N2O2/c1-26-20-11-9-19(10-12-20)21(24-15-5-6-16-24)17-22(25)23-14-13-18-7-3-2-4-8-18/h2-12,15-16,21H,13-14,17H2,1H3,(H,23,25)/t21-/m0/s1. The van der Waals surface area contributed by atoms with Crippen LogP contribution in [0.25, 0.3) is 0 Å². The number of nitrogens with one attached hydrogen (secondary N) is 1. The third-order valence-corrected chi connectivity index (χ3v) is 4.45. The summed E-state index contributed by atoms with van der Waals surface area (Å²) in [6.07, 6.45) is 5.22. The van der Waals surface area contributed by atoms with Gasteiger partial charge in [0.25, 0.3) is 0 Å². The van der Waals surface area contributed by atoms with Crippen molar-refractivity contribution in [3.8, 4) is 5.75 Å².